The number of amides is 1. The summed E-state index contributed by atoms with van der Waals surface area (Å²) < 4.78 is 27.7. The summed E-state index contributed by atoms with van der Waals surface area (Å²) in [7, 11) is -2.27. The van der Waals surface area contributed by atoms with Crippen LogP contribution in [0.15, 0.2) is 89.8 Å². The number of carbonyl (C=O) groups excluding carboxylic acids is 1. The van der Waals surface area contributed by atoms with Gasteiger partial charge in [0.25, 0.3) is 15.9 Å². The number of carbonyl (C=O) groups is 1. The second-order valence-electron chi connectivity index (χ2n) is 8.95. The fraction of sp³-hybridized carbons (Fsp3) is 0.321. The molecule has 6 nitrogen and oxygen atoms in total. The second-order valence-corrected chi connectivity index (χ2v) is 10.9. The van der Waals surface area contributed by atoms with Crippen molar-refractivity contribution in [2.75, 3.05) is 31.0 Å². The Hall–Kier alpha value is -3.16. The molecule has 0 saturated carbocycles. The highest BCUT2D eigenvalue weighted by molar-refractivity contribution is 7.92. The van der Waals surface area contributed by atoms with Crippen LogP contribution in [0.3, 0.4) is 0 Å². The average molecular weight is 492 g/mol. The summed E-state index contributed by atoms with van der Waals surface area (Å²) in [5.74, 6) is -0.133. The van der Waals surface area contributed by atoms with Crippen LogP contribution in [0.4, 0.5) is 5.69 Å². The lowest BCUT2D eigenvalue weighted by Crippen LogP contribution is -2.42. The van der Waals surface area contributed by atoms with Crippen molar-refractivity contribution in [3.63, 3.8) is 0 Å². The SMILES string of the molecule is CCN(C(=O)c1cccc(S(=O)(=O)N(C)c2ccccc2)c1)[C@@H]1CCN([C@@H](C)c2ccccc2)C1. The number of hydrogen-bond acceptors (Lipinski definition) is 4. The van der Waals surface area contributed by atoms with Crippen molar-refractivity contribution in [3.8, 4) is 0 Å². The number of sulfonamides is 1. The summed E-state index contributed by atoms with van der Waals surface area (Å²) in [5, 5.41) is 0. The van der Waals surface area contributed by atoms with Crippen molar-refractivity contribution in [1.82, 2.24) is 9.80 Å². The lowest BCUT2D eigenvalue weighted by molar-refractivity contribution is 0.0689. The molecule has 1 saturated heterocycles. The van der Waals surface area contributed by atoms with E-state index in [0.29, 0.717) is 17.8 Å². The van der Waals surface area contributed by atoms with Gasteiger partial charge < -0.3 is 4.90 Å². The zero-order chi connectivity index (χ0) is 25.0. The Morgan fingerprint density at radius 2 is 1.66 bits per heavy atom. The van der Waals surface area contributed by atoms with E-state index >= 15 is 0 Å². The highest BCUT2D eigenvalue weighted by Gasteiger charge is 2.33. The van der Waals surface area contributed by atoms with Crippen LogP contribution in [0.25, 0.3) is 0 Å². The van der Waals surface area contributed by atoms with Gasteiger partial charge in [0.2, 0.25) is 0 Å². The van der Waals surface area contributed by atoms with Crippen molar-refractivity contribution >= 4 is 21.6 Å². The maximum atomic E-state index is 13.5. The quantitative estimate of drug-likeness (QED) is 0.454. The lowest BCUT2D eigenvalue weighted by Gasteiger charge is -2.30. The molecule has 4 rings (SSSR count). The van der Waals surface area contributed by atoms with Crippen LogP contribution in [0.5, 0.6) is 0 Å². The van der Waals surface area contributed by atoms with Crippen LogP contribution in [0.1, 0.15) is 42.2 Å². The number of likely N-dealkylation sites (N-methyl/N-ethyl adjacent to an activating group) is 1. The molecule has 1 aliphatic heterocycles. The molecular weight excluding hydrogens is 458 g/mol. The molecule has 0 aromatic heterocycles. The van der Waals surface area contributed by atoms with Gasteiger partial charge in [-0.1, -0.05) is 54.6 Å². The number of para-hydroxylation sites is 1. The van der Waals surface area contributed by atoms with Crippen LogP contribution in [0.2, 0.25) is 0 Å². The largest absolute Gasteiger partial charge is 0.335 e. The van der Waals surface area contributed by atoms with E-state index in [1.165, 1.54) is 23.0 Å². The molecule has 1 amide bonds. The third kappa shape index (κ3) is 5.26. The number of nitrogens with zero attached hydrogens (tertiary/aromatic N) is 3. The topological polar surface area (TPSA) is 60.9 Å². The fourth-order valence-electron chi connectivity index (χ4n) is 4.77. The minimum Gasteiger partial charge on any atom is -0.335 e. The van der Waals surface area contributed by atoms with Crippen molar-refractivity contribution in [3.05, 3.63) is 96.1 Å². The van der Waals surface area contributed by atoms with Crippen LogP contribution in [-0.4, -0.2) is 56.8 Å². The third-order valence-corrected chi connectivity index (χ3v) is 8.71. The number of anilines is 1. The Morgan fingerprint density at radius 3 is 2.31 bits per heavy atom. The molecule has 35 heavy (non-hydrogen) atoms. The number of rotatable bonds is 8. The maximum absolute atomic E-state index is 13.5. The fourth-order valence-corrected chi connectivity index (χ4v) is 6.02. The van der Waals surface area contributed by atoms with Gasteiger partial charge in [0.05, 0.1) is 10.6 Å². The molecule has 1 heterocycles. The predicted octanol–water partition coefficient (Wildman–Crippen LogP) is 4.81. The van der Waals surface area contributed by atoms with Crippen LogP contribution in [0, 0.1) is 0 Å². The summed E-state index contributed by atoms with van der Waals surface area (Å²) in [6.45, 7) is 6.46. The summed E-state index contributed by atoms with van der Waals surface area (Å²) in [5.41, 5.74) is 2.23. The first-order valence-corrected chi connectivity index (χ1v) is 13.5. The monoisotopic (exact) mass is 491 g/mol. The average Bonchev–Trinajstić information content (AvgIpc) is 3.39. The number of benzene rings is 3. The zero-order valence-electron chi connectivity index (χ0n) is 20.5. The molecule has 3 aromatic carbocycles. The first-order chi connectivity index (χ1) is 16.8. The summed E-state index contributed by atoms with van der Waals surface area (Å²) in [6.07, 6.45) is 0.894. The van der Waals surface area contributed by atoms with Gasteiger partial charge in [-0.25, -0.2) is 8.42 Å². The molecule has 0 unspecified atom stereocenters. The van der Waals surface area contributed by atoms with Crippen molar-refractivity contribution < 1.29 is 13.2 Å². The first-order valence-electron chi connectivity index (χ1n) is 12.1. The van der Waals surface area contributed by atoms with Gasteiger partial charge in [-0.15, -0.1) is 0 Å². The van der Waals surface area contributed by atoms with E-state index in [9.17, 15) is 13.2 Å². The van der Waals surface area contributed by atoms with Crippen molar-refractivity contribution in [1.29, 1.82) is 0 Å². The number of likely N-dealkylation sites (tertiary alicyclic amines) is 1. The van der Waals surface area contributed by atoms with Crippen LogP contribution in [-0.2, 0) is 10.0 Å². The van der Waals surface area contributed by atoms with Gasteiger partial charge in [0.1, 0.15) is 0 Å². The zero-order valence-corrected chi connectivity index (χ0v) is 21.4. The standard InChI is InChI=1S/C28H33N3O3S/c1-4-31(26-18-19-30(21-26)22(2)23-12-7-5-8-13-23)28(32)24-14-11-17-27(20-24)35(33,34)29(3)25-15-9-6-10-16-25/h5-17,20,22,26H,4,18-19,21H2,1-3H3/t22-,26+/m0/s1. The third-order valence-electron chi connectivity index (χ3n) is 6.93. The molecule has 3 aromatic rings. The first kappa shape index (κ1) is 24.9. The highest BCUT2D eigenvalue weighted by atomic mass is 32.2. The molecule has 2 atom stereocenters. The normalized spacial score (nSPS) is 17.2. The van der Waals surface area contributed by atoms with E-state index in [1.54, 1.807) is 42.5 Å². The van der Waals surface area contributed by atoms with Gasteiger partial charge in [-0.3, -0.25) is 14.0 Å². The molecule has 1 aliphatic rings. The smallest absolute Gasteiger partial charge is 0.264 e. The highest BCUT2D eigenvalue weighted by Crippen LogP contribution is 2.28. The van der Waals surface area contributed by atoms with Gasteiger partial charge in [-0.2, -0.15) is 0 Å². The summed E-state index contributed by atoms with van der Waals surface area (Å²) in [4.78, 5) is 17.9. The molecule has 0 radical (unpaired) electrons. The predicted molar refractivity (Wildman–Crippen MR) is 140 cm³/mol. The number of hydrogen-bond donors (Lipinski definition) is 0. The van der Waals surface area contributed by atoms with E-state index in [2.05, 4.69) is 36.1 Å². The van der Waals surface area contributed by atoms with Gasteiger partial charge in [0, 0.05) is 44.3 Å². The van der Waals surface area contributed by atoms with Crippen LogP contribution >= 0.6 is 0 Å². The molecule has 7 heteroatoms. The van der Waals surface area contributed by atoms with Gasteiger partial charge in [0.15, 0.2) is 0 Å². The Labute approximate surface area is 208 Å². The lowest BCUT2D eigenvalue weighted by atomic mass is 10.1. The van der Waals surface area contributed by atoms with Crippen LogP contribution < -0.4 is 4.31 Å². The van der Waals surface area contributed by atoms with E-state index in [1.807, 2.05) is 24.0 Å². The Morgan fingerprint density at radius 1 is 1.00 bits per heavy atom. The Bertz CT molecular complexity index is 1250. The summed E-state index contributed by atoms with van der Waals surface area (Å²) in [6, 6.07) is 26.1. The Balaban J connectivity index is 1.51. The van der Waals surface area contributed by atoms with Gasteiger partial charge >= 0.3 is 0 Å². The van der Waals surface area contributed by atoms with Crippen molar-refractivity contribution in [2.24, 2.45) is 0 Å². The van der Waals surface area contributed by atoms with E-state index in [0.717, 1.165) is 19.5 Å². The molecule has 0 N–H and O–H groups in total. The van der Waals surface area contributed by atoms with E-state index in [-0.39, 0.29) is 22.9 Å². The van der Waals surface area contributed by atoms with Gasteiger partial charge in [-0.05, 0) is 56.2 Å². The molecule has 1 fully saturated rings. The minimum atomic E-state index is -3.80. The Kier molecular flexibility index (Phi) is 7.57. The van der Waals surface area contributed by atoms with E-state index in [4.69, 9.17) is 0 Å². The minimum absolute atomic E-state index is 0.0888. The molecule has 0 bridgehead atoms. The molecular formula is C28H33N3O3S. The van der Waals surface area contributed by atoms with E-state index < -0.39 is 10.0 Å². The molecule has 0 aliphatic carbocycles. The molecule has 184 valence electrons. The van der Waals surface area contributed by atoms with Crippen molar-refractivity contribution in [2.45, 2.75) is 37.2 Å². The second kappa shape index (κ2) is 10.6. The maximum Gasteiger partial charge on any atom is 0.264 e. The summed E-state index contributed by atoms with van der Waals surface area (Å²) >= 11 is 0. The molecule has 0 spiro atoms.